The number of rotatable bonds is 3. The number of nitro benzene ring substituents is 1. The van der Waals surface area contributed by atoms with Crippen LogP contribution in [0.3, 0.4) is 0 Å². The van der Waals surface area contributed by atoms with E-state index in [0.29, 0.717) is 4.47 Å². The quantitative estimate of drug-likeness (QED) is 0.184. The molecule has 0 amide bonds. The van der Waals surface area contributed by atoms with Crippen molar-refractivity contribution < 1.29 is 4.92 Å². The third-order valence-corrected chi connectivity index (χ3v) is 6.78. The molecule has 0 spiro atoms. The fourth-order valence-corrected chi connectivity index (χ4v) is 5.18. The molecule has 0 unspecified atom stereocenters. The summed E-state index contributed by atoms with van der Waals surface area (Å²) in [7, 11) is 0. The molecule has 33 heavy (non-hydrogen) atoms. The van der Waals surface area contributed by atoms with E-state index in [2.05, 4.69) is 99.4 Å². The predicted octanol–water partition coefficient (Wildman–Crippen LogP) is 8.27. The van der Waals surface area contributed by atoms with Crippen molar-refractivity contribution >= 4 is 54.2 Å². The van der Waals surface area contributed by atoms with Crippen LogP contribution in [0.4, 0.5) is 5.69 Å². The van der Waals surface area contributed by atoms with Gasteiger partial charge in [-0.3, -0.25) is 10.1 Å². The standard InChI is InChI=1S/C28H17BrN2O2/c29-24-17-20(12-14-26(24)31(32)33)19-11-13-25-23(16-19)28-22-9-5-4-6-18(22)10-15-27(28)30(25)21-7-2-1-3-8-21/h1-17H. The van der Waals surface area contributed by atoms with E-state index in [0.717, 1.165) is 33.2 Å². The summed E-state index contributed by atoms with van der Waals surface area (Å²) >= 11 is 3.36. The van der Waals surface area contributed by atoms with Crippen molar-refractivity contribution in [3.63, 3.8) is 0 Å². The van der Waals surface area contributed by atoms with Gasteiger partial charge in [-0.05, 0) is 80.3 Å². The topological polar surface area (TPSA) is 48.1 Å². The number of halogens is 1. The summed E-state index contributed by atoms with van der Waals surface area (Å²) in [6, 6.07) is 34.7. The maximum absolute atomic E-state index is 11.2. The summed E-state index contributed by atoms with van der Waals surface area (Å²) in [5.41, 5.74) is 5.38. The van der Waals surface area contributed by atoms with E-state index in [4.69, 9.17) is 0 Å². The number of nitro groups is 1. The van der Waals surface area contributed by atoms with Crippen LogP contribution in [0.1, 0.15) is 0 Å². The van der Waals surface area contributed by atoms with Crippen molar-refractivity contribution in [2.75, 3.05) is 0 Å². The minimum atomic E-state index is -0.378. The summed E-state index contributed by atoms with van der Waals surface area (Å²) in [5.74, 6) is 0. The molecule has 0 bridgehead atoms. The first-order valence-electron chi connectivity index (χ1n) is 10.6. The first-order chi connectivity index (χ1) is 16.1. The monoisotopic (exact) mass is 492 g/mol. The van der Waals surface area contributed by atoms with Gasteiger partial charge in [0.25, 0.3) is 5.69 Å². The maximum Gasteiger partial charge on any atom is 0.283 e. The highest BCUT2D eigenvalue weighted by Gasteiger charge is 2.17. The first kappa shape index (κ1) is 19.7. The van der Waals surface area contributed by atoms with Crippen LogP contribution in [0.5, 0.6) is 0 Å². The number of hydrogen-bond donors (Lipinski definition) is 0. The highest BCUT2D eigenvalue weighted by atomic mass is 79.9. The fraction of sp³-hybridized carbons (Fsp3) is 0. The number of benzene rings is 5. The molecule has 0 saturated heterocycles. The highest BCUT2D eigenvalue weighted by molar-refractivity contribution is 9.10. The molecule has 0 aliphatic heterocycles. The van der Waals surface area contributed by atoms with Crippen LogP contribution in [-0.4, -0.2) is 9.49 Å². The molecule has 5 heteroatoms. The van der Waals surface area contributed by atoms with Gasteiger partial charge in [0.1, 0.15) is 0 Å². The minimum absolute atomic E-state index is 0.0616. The Bertz CT molecular complexity index is 1700. The summed E-state index contributed by atoms with van der Waals surface area (Å²) < 4.78 is 2.77. The third kappa shape index (κ3) is 3.12. The van der Waals surface area contributed by atoms with E-state index < -0.39 is 0 Å². The summed E-state index contributed by atoms with van der Waals surface area (Å²) in [5, 5.41) is 16.0. The zero-order valence-electron chi connectivity index (χ0n) is 17.4. The molecular weight excluding hydrogens is 476 g/mol. The van der Waals surface area contributed by atoms with Crippen molar-refractivity contribution in [2.24, 2.45) is 0 Å². The Morgan fingerprint density at radius 3 is 2.18 bits per heavy atom. The first-order valence-corrected chi connectivity index (χ1v) is 11.4. The van der Waals surface area contributed by atoms with E-state index in [1.165, 1.54) is 16.2 Å². The lowest BCUT2D eigenvalue weighted by Crippen LogP contribution is -1.93. The molecule has 6 aromatic rings. The Labute approximate surface area is 198 Å². The number of hydrogen-bond acceptors (Lipinski definition) is 2. The van der Waals surface area contributed by atoms with Crippen LogP contribution in [0, 0.1) is 10.1 Å². The largest absolute Gasteiger partial charge is 0.309 e. The zero-order chi connectivity index (χ0) is 22.5. The van der Waals surface area contributed by atoms with E-state index in [1.807, 2.05) is 12.1 Å². The van der Waals surface area contributed by atoms with Gasteiger partial charge in [0.2, 0.25) is 0 Å². The average molecular weight is 493 g/mol. The molecule has 0 radical (unpaired) electrons. The molecule has 0 saturated carbocycles. The van der Waals surface area contributed by atoms with Gasteiger partial charge < -0.3 is 4.57 Å². The normalized spacial score (nSPS) is 11.4. The highest BCUT2D eigenvalue weighted by Crippen LogP contribution is 2.39. The number of fused-ring (bicyclic) bond motifs is 5. The van der Waals surface area contributed by atoms with Gasteiger partial charge in [-0.2, -0.15) is 0 Å². The maximum atomic E-state index is 11.2. The molecular formula is C28H17BrN2O2. The average Bonchev–Trinajstić information content (AvgIpc) is 3.18. The van der Waals surface area contributed by atoms with Crippen molar-refractivity contribution in [3.8, 4) is 16.8 Å². The smallest absolute Gasteiger partial charge is 0.283 e. The van der Waals surface area contributed by atoms with Crippen LogP contribution in [0.15, 0.2) is 108 Å². The molecule has 6 rings (SSSR count). The second kappa shape index (κ2) is 7.57. The van der Waals surface area contributed by atoms with Gasteiger partial charge in [-0.25, -0.2) is 0 Å². The zero-order valence-corrected chi connectivity index (χ0v) is 19.0. The van der Waals surface area contributed by atoms with E-state index in [-0.39, 0.29) is 10.6 Å². The van der Waals surface area contributed by atoms with Crippen LogP contribution >= 0.6 is 15.9 Å². The van der Waals surface area contributed by atoms with E-state index in [1.54, 1.807) is 12.1 Å². The summed E-state index contributed by atoms with van der Waals surface area (Å²) in [6.45, 7) is 0. The SMILES string of the molecule is O=[N+]([O-])c1ccc(-c2ccc3c(c2)c2c4ccccc4ccc2n3-c2ccccc2)cc1Br. The molecule has 1 aromatic heterocycles. The van der Waals surface area contributed by atoms with Crippen molar-refractivity contribution in [2.45, 2.75) is 0 Å². The van der Waals surface area contributed by atoms with Gasteiger partial charge in [0, 0.05) is 22.5 Å². The van der Waals surface area contributed by atoms with Crippen LogP contribution in [-0.2, 0) is 0 Å². The van der Waals surface area contributed by atoms with Gasteiger partial charge in [-0.1, -0.05) is 54.6 Å². The lowest BCUT2D eigenvalue weighted by molar-refractivity contribution is -0.385. The molecule has 0 N–H and O–H groups in total. The fourth-order valence-electron chi connectivity index (χ4n) is 4.66. The lowest BCUT2D eigenvalue weighted by atomic mass is 10.00. The third-order valence-electron chi connectivity index (χ3n) is 6.15. The van der Waals surface area contributed by atoms with E-state index >= 15 is 0 Å². The Morgan fingerprint density at radius 2 is 1.39 bits per heavy atom. The molecule has 1 heterocycles. The van der Waals surface area contributed by atoms with Gasteiger partial charge in [0.05, 0.1) is 20.4 Å². The molecule has 0 fully saturated rings. The number of para-hydroxylation sites is 1. The molecule has 0 atom stereocenters. The Hall–Kier alpha value is -3.96. The van der Waals surface area contributed by atoms with E-state index in [9.17, 15) is 10.1 Å². The predicted molar refractivity (Wildman–Crippen MR) is 138 cm³/mol. The number of aromatic nitrogens is 1. The molecule has 5 aromatic carbocycles. The minimum Gasteiger partial charge on any atom is -0.309 e. The Balaban J connectivity index is 1.69. The number of nitrogens with zero attached hydrogens (tertiary/aromatic N) is 2. The Morgan fingerprint density at radius 1 is 0.697 bits per heavy atom. The van der Waals surface area contributed by atoms with Crippen LogP contribution in [0.25, 0.3) is 49.4 Å². The lowest BCUT2D eigenvalue weighted by Gasteiger charge is -2.08. The van der Waals surface area contributed by atoms with Crippen molar-refractivity contribution in [3.05, 3.63) is 118 Å². The summed E-state index contributed by atoms with van der Waals surface area (Å²) in [6.07, 6.45) is 0. The molecule has 158 valence electrons. The van der Waals surface area contributed by atoms with Gasteiger partial charge in [-0.15, -0.1) is 0 Å². The van der Waals surface area contributed by atoms with Crippen LogP contribution in [0.2, 0.25) is 0 Å². The van der Waals surface area contributed by atoms with Gasteiger partial charge >= 0.3 is 0 Å². The van der Waals surface area contributed by atoms with Crippen LogP contribution < -0.4 is 0 Å². The van der Waals surface area contributed by atoms with Gasteiger partial charge in [0.15, 0.2) is 0 Å². The molecule has 0 aliphatic rings. The van der Waals surface area contributed by atoms with Crippen molar-refractivity contribution in [1.29, 1.82) is 0 Å². The molecule has 4 nitrogen and oxygen atoms in total. The second-order valence-electron chi connectivity index (χ2n) is 8.01. The second-order valence-corrected chi connectivity index (χ2v) is 8.86. The Kier molecular flexibility index (Phi) is 4.52. The summed E-state index contributed by atoms with van der Waals surface area (Å²) in [4.78, 5) is 10.8. The molecule has 0 aliphatic carbocycles. The van der Waals surface area contributed by atoms with Crippen molar-refractivity contribution in [1.82, 2.24) is 4.57 Å².